The van der Waals surface area contributed by atoms with Gasteiger partial charge in [-0.15, -0.1) is 24.0 Å². The van der Waals surface area contributed by atoms with Crippen LogP contribution in [0.15, 0.2) is 64.5 Å². The maximum absolute atomic E-state index is 11.5. The van der Waals surface area contributed by atoms with E-state index < -0.39 is 9.84 Å². The van der Waals surface area contributed by atoms with E-state index in [0.717, 1.165) is 37.6 Å². The zero-order valence-electron chi connectivity index (χ0n) is 17.0. The maximum atomic E-state index is 11.5. The number of hydrogen-bond donors (Lipinski definition) is 2. The average Bonchev–Trinajstić information content (AvgIpc) is 3.46. The Balaban J connectivity index is 0.00000300. The van der Waals surface area contributed by atoms with Crippen molar-refractivity contribution in [3.05, 3.63) is 65.7 Å². The first-order valence-corrected chi connectivity index (χ1v) is 11.7. The van der Waals surface area contributed by atoms with Gasteiger partial charge in [0.05, 0.1) is 4.90 Å². The minimum absolute atomic E-state index is 0. The second-order valence-electron chi connectivity index (χ2n) is 7.33. The van der Waals surface area contributed by atoms with Crippen LogP contribution in [0.25, 0.3) is 0 Å². The molecule has 1 aliphatic rings. The highest BCUT2D eigenvalue weighted by Gasteiger charge is 2.37. The van der Waals surface area contributed by atoms with Gasteiger partial charge in [-0.1, -0.05) is 42.5 Å². The maximum Gasteiger partial charge on any atom is 0.191 e. The second kappa shape index (κ2) is 11.0. The number of nitrogens with zero attached hydrogens (tertiary/aromatic N) is 1. The molecule has 2 aromatic carbocycles. The summed E-state index contributed by atoms with van der Waals surface area (Å²) in [6.45, 7) is 4.46. The van der Waals surface area contributed by atoms with Crippen LogP contribution in [0.3, 0.4) is 0 Å². The molecule has 3 rings (SSSR count). The normalized spacial score (nSPS) is 18.6. The highest BCUT2D eigenvalue weighted by molar-refractivity contribution is 14.0. The van der Waals surface area contributed by atoms with Gasteiger partial charge in [-0.05, 0) is 54.9 Å². The summed E-state index contributed by atoms with van der Waals surface area (Å²) in [4.78, 5) is 5.10. The van der Waals surface area contributed by atoms with E-state index in [2.05, 4.69) is 47.9 Å². The van der Waals surface area contributed by atoms with Gasteiger partial charge < -0.3 is 10.6 Å². The number of sulfone groups is 1. The van der Waals surface area contributed by atoms with Crippen molar-refractivity contribution in [1.82, 2.24) is 10.6 Å². The molecule has 2 unspecified atom stereocenters. The third kappa shape index (κ3) is 7.29. The predicted molar refractivity (Wildman–Crippen MR) is 130 cm³/mol. The first-order valence-electron chi connectivity index (χ1n) is 9.83. The Morgan fingerprint density at radius 1 is 1.07 bits per heavy atom. The molecule has 1 aliphatic carbocycles. The van der Waals surface area contributed by atoms with Crippen LogP contribution in [0.1, 0.15) is 30.4 Å². The van der Waals surface area contributed by atoms with Gasteiger partial charge in [-0.2, -0.15) is 0 Å². The molecule has 7 heteroatoms. The van der Waals surface area contributed by atoms with Crippen LogP contribution >= 0.6 is 24.0 Å². The second-order valence-corrected chi connectivity index (χ2v) is 9.34. The molecule has 0 aliphatic heterocycles. The van der Waals surface area contributed by atoms with Crippen molar-refractivity contribution in [2.24, 2.45) is 10.9 Å². The number of nitrogens with one attached hydrogen (secondary N) is 2. The van der Waals surface area contributed by atoms with Gasteiger partial charge in [0, 0.05) is 25.9 Å². The van der Waals surface area contributed by atoms with Crippen molar-refractivity contribution in [3.63, 3.8) is 0 Å². The molecule has 1 saturated carbocycles. The summed E-state index contributed by atoms with van der Waals surface area (Å²) in [6.07, 6.45) is 3.25. The summed E-state index contributed by atoms with van der Waals surface area (Å²) < 4.78 is 23.1. The van der Waals surface area contributed by atoms with E-state index in [4.69, 9.17) is 4.99 Å². The van der Waals surface area contributed by atoms with Crippen molar-refractivity contribution >= 4 is 39.8 Å². The molecule has 29 heavy (non-hydrogen) atoms. The molecule has 0 heterocycles. The molecule has 5 nitrogen and oxygen atoms in total. The molecule has 0 bridgehead atoms. The molecule has 2 atom stereocenters. The number of aliphatic imine (C=N–C) groups is 1. The molecule has 0 aromatic heterocycles. The van der Waals surface area contributed by atoms with Crippen LogP contribution < -0.4 is 10.6 Å². The molecule has 0 radical (unpaired) electrons. The van der Waals surface area contributed by atoms with Crippen LogP contribution in [0.2, 0.25) is 0 Å². The third-order valence-corrected chi connectivity index (χ3v) is 6.16. The number of guanidine groups is 1. The van der Waals surface area contributed by atoms with Gasteiger partial charge in [0.1, 0.15) is 0 Å². The lowest BCUT2D eigenvalue weighted by atomic mass is 10.1. The largest absolute Gasteiger partial charge is 0.357 e. The van der Waals surface area contributed by atoms with Crippen LogP contribution in [-0.2, 0) is 16.3 Å². The Morgan fingerprint density at radius 2 is 1.76 bits per heavy atom. The summed E-state index contributed by atoms with van der Waals surface area (Å²) >= 11 is 0. The Kier molecular flexibility index (Phi) is 8.95. The summed E-state index contributed by atoms with van der Waals surface area (Å²) in [5.74, 6) is 2.11. The van der Waals surface area contributed by atoms with Crippen molar-refractivity contribution in [2.45, 2.75) is 30.6 Å². The quantitative estimate of drug-likeness (QED) is 0.313. The first-order chi connectivity index (χ1) is 13.5. The lowest BCUT2D eigenvalue weighted by molar-refractivity contribution is 0.602. The van der Waals surface area contributed by atoms with Crippen LogP contribution in [0.5, 0.6) is 0 Å². The number of rotatable bonds is 8. The molecule has 1 fully saturated rings. The monoisotopic (exact) mass is 527 g/mol. The molecule has 0 amide bonds. The fraction of sp³-hybridized carbons (Fsp3) is 0.409. The van der Waals surface area contributed by atoms with Crippen molar-refractivity contribution in [1.29, 1.82) is 0 Å². The molecule has 0 saturated heterocycles. The topological polar surface area (TPSA) is 70.6 Å². The van der Waals surface area contributed by atoms with E-state index in [1.54, 1.807) is 12.1 Å². The van der Waals surface area contributed by atoms with Gasteiger partial charge >= 0.3 is 0 Å². The summed E-state index contributed by atoms with van der Waals surface area (Å²) in [5, 5.41) is 6.67. The minimum Gasteiger partial charge on any atom is -0.357 e. The molecule has 158 valence electrons. The summed E-state index contributed by atoms with van der Waals surface area (Å²) in [6, 6.07) is 17.7. The fourth-order valence-electron chi connectivity index (χ4n) is 3.34. The summed E-state index contributed by atoms with van der Waals surface area (Å²) in [7, 11) is -3.14. The Hall–Kier alpha value is -1.61. The lowest BCUT2D eigenvalue weighted by Gasteiger charge is -2.11. The molecule has 2 aromatic rings. The first kappa shape index (κ1) is 23.7. The molecule has 0 spiro atoms. The standard InChI is InChI=1S/C22H29N3O2S.HI/c1-3-23-22(25-16-19-15-21(19)18-7-5-4-6-8-18)24-14-13-17-9-11-20(12-10-17)28(2,26)27;/h4-12,19,21H,3,13-16H2,1-2H3,(H2,23,24,25);1H. The van der Waals surface area contributed by atoms with E-state index >= 15 is 0 Å². The van der Waals surface area contributed by atoms with Gasteiger partial charge in [0.2, 0.25) is 0 Å². The van der Waals surface area contributed by atoms with Crippen LogP contribution in [0, 0.1) is 5.92 Å². The van der Waals surface area contributed by atoms with E-state index in [-0.39, 0.29) is 24.0 Å². The van der Waals surface area contributed by atoms with Gasteiger partial charge in [-0.3, -0.25) is 4.99 Å². The highest BCUT2D eigenvalue weighted by Crippen LogP contribution is 2.47. The lowest BCUT2D eigenvalue weighted by Crippen LogP contribution is -2.38. The molecule has 2 N–H and O–H groups in total. The smallest absolute Gasteiger partial charge is 0.191 e. The Labute approximate surface area is 191 Å². The van der Waals surface area contributed by atoms with Crippen LogP contribution in [-0.4, -0.2) is 40.3 Å². The van der Waals surface area contributed by atoms with E-state index in [0.29, 0.717) is 16.7 Å². The minimum atomic E-state index is -3.14. The van der Waals surface area contributed by atoms with E-state index in [1.165, 1.54) is 18.2 Å². The Bertz CT molecular complexity index is 899. The van der Waals surface area contributed by atoms with Crippen molar-refractivity contribution in [2.75, 3.05) is 25.9 Å². The van der Waals surface area contributed by atoms with Crippen molar-refractivity contribution in [3.8, 4) is 0 Å². The summed E-state index contributed by atoms with van der Waals surface area (Å²) in [5.41, 5.74) is 2.51. The molecular formula is C22H30IN3O2S. The Morgan fingerprint density at radius 3 is 2.38 bits per heavy atom. The van der Waals surface area contributed by atoms with E-state index in [9.17, 15) is 8.42 Å². The van der Waals surface area contributed by atoms with Gasteiger partial charge in [0.25, 0.3) is 0 Å². The van der Waals surface area contributed by atoms with E-state index in [1.807, 2.05) is 12.1 Å². The predicted octanol–water partition coefficient (Wildman–Crippen LogP) is 3.61. The number of benzene rings is 2. The third-order valence-electron chi connectivity index (χ3n) is 5.04. The average molecular weight is 527 g/mol. The highest BCUT2D eigenvalue weighted by atomic mass is 127. The zero-order valence-corrected chi connectivity index (χ0v) is 20.1. The van der Waals surface area contributed by atoms with Crippen LogP contribution in [0.4, 0.5) is 0 Å². The van der Waals surface area contributed by atoms with Crippen molar-refractivity contribution < 1.29 is 8.42 Å². The number of hydrogen-bond acceptors (Lipinski definition) is 3. The molecular weight excluding hydrogens is 497 g/mol. The van der Waals surface area contributed by atoms with Gasteiger partial charge in [-0.25, -0.2) is 8.42 Å². The SMILES string of the molecule is CCNC(=NCC1CC1c1ccccc1)NCCc1ccc(S(C)(=O)=O)cc1.I. The van der Waals surface area contributed by atoms with Gasteiger partial charge in [0.15, 0.2) is 15.8 Å². The fourth-order valence-corrected chi connectivity index (χ4v) is 3.97. The number of halogens is 1. The zero-order chi connectivity index (χ0) is 20.0.